The molecular weight excluding hydrogens is 270 g/mol. The monoisotopic (exact) mass is 285 g/mol. The molecule has 106 valence electrons. The number of nitrogens with zero attached hydrogens (tertiary/aromatic N) is 2. The first-order chi connectivity index (χ1) is 10.9. The van der Waals surface area contributed by atoms with E-state index in [1.807, 2.05) is 12.3 Å². The maximum Gasteiger partial charge on any atom is 0.110 e. The molecule has 1 aliphatic rings. The SMILES string of the molecule is c1cc(-c2cccc3[nH]c(C4CC4)nc23)c2cccnc2c1. The van der Waals surface area contributed by atoms with E-state index >= 15 is 0 Å². The molecule has 1 saturated carbocycles. The van der Waals surface area contributed by atoms with Crippen LogP contribution in [0.1, 0.15) is 24.6 Å². The average Bonchev–Trinajstić information content (AvgIpc) is 3.33. The zero-order chi connectivity index (χ0) is 14.5. The van der Waals surface area contributed by atoms with Crippen LogP contribution in [0, 0.1) is 0 Å². The second-order valence-corrected chi connectivity index (χ2v) is 5.97. The van der Waals surface area contributed by atoms with Crippen molar-refractivity contribution in [3.8, 4) is 11.1 Å². The summed E-state index contributed by atoms with van der Waals surface area (Å²) in [7, 11) is 0. The summed E-state index contributed by atoms with van der Waals surface area (Å²) in [6, 6.07) is 16.8. The van der Waals surface area contributed by atoms with Gasteiger partial charge in [0, 0.05) is 23.1 Å². The number of hydrogen-bond acceptors (Lipinski definition) is 2. The Kier molecular flexibility index (Phi) is 2.39. The number of rotatable bonds is 2. The van der Waals surface area contributed by atoms with Crippen molar-refractivity contribution < 1.29 is 0 Å². The van der Waals surface area contributed by atoms with Gasteiger partial charge in [0.05, 0.1) is 16.6 Å². The third-order valence-corrected chi connectivity index (χ3v) is 4.43. The zero-order valence-corrected chi connectivity index (χ0v) is 12.1. The summed E-state index contributed by atoms with van der Waals surface area (Å²) in [6.45, 7) is 0. The van der Waals surface area contributed by atoms with Crippen LogP contribution in [0.4, 0.5) is 0 Å². The largest absolute Gasteiger partial charge is 0.342 e. The van der Waals surface area contributed by atoms with Crippen LogP contribution < -0.4 is 0 Å². The Morgan fingerprint density at radius 1 is 0.909 bits per heavy atom. The molecule has 1 fully saturated rings. The normalized spacial score (nSPS) is 14.7. The molecule has 1 N–H and O–H groups in total. The summed E-state index contributed by atoms with van der Waals surface area (Å²) in [5.74, 6) is 1.77. The zero-order valence-electron chi connectivity index (χ0n) is 12.1. The highest BCUT2D eigenvalue weighted by Gasteiger charge is 2.27. The highest BCUT2D eigenvalue weighted by atomic mass is 14.9. The Morgan fingerprint density at radius 3 is 2.68 bits per heavy atom. The second-order valence-electron chi connectivity index (χ2n) is 5.97. The van der Waals surface area contributed by atoms with Crippen molar-refractivity contribution in [1.29, 1.82) is 0 Å². The van der Waals surface area contributed by atoms with Crippen molar-refractivity contribution in [3.63, 3.8) is 0 Å². The maximum absolute atomic E-state index is 4.88. The molecule has 0 aliphatic heterocycles. The first-order valence-electron chi connectivity index (χ1n) is 7.73. The van der Waals surface area contributed by atoms with Crippen molar-refractivity contribution in [3.05, 3.63) is 60.6 Å². The molecule has 0 saturated heterocycles. The first-order valence-corrected chi connectivity index (χ1v) is 7.73. The van der Waals surface area contributed by atoms with Gasteiger partial charge < -0.3 is 4.98 Å². The van der Waals surface area contributed by atoms with Crippen LogP contribution in [0.5, 0.6) is 0 Å². The molecule has 22 heavy (non-hydrogen) atoms. The van der Waals surface area contributed by atoms with E-state index in [4.69, 9.17) is 4.98 Å². The fourth-order valence-electron chi connectivity index (χ4n) is 3.16. The fourth-order valence-corrected chi connectivity index (χ4v) is 3.16. The molecule has 0 spiro atoms. The lowest BCUT2D eigenvalue weighted by Crippen LogP contribution is -1.85. The summed E-state index contributed by atoms with van der Waals surface area (Å²) in [6.07, 6.45) is 4.35. The molecule has 0 bridgehead atoms. The summed E-state index contributed by atoms with van der Waals surface area (Å²) >= 11 is 0. The number of pyridine rings is 1. The van der Waals surface area contributed by atoms with Gasteiger partial charge >= 0.3 is 0 Å². The van der Waals surface area contributed by atoms with Crippen molar-refractivity contribution in [2.75, 3.05) is 0 Å². The second kappa shape index (κ2) is 4.41. The van der Waals surface area contributed by atoms with Crippen molar-refractivity contribution in [1.82, 2.24) is 15.0 Å². The van der Waals surface area contributed by atoms with Crippen molar-refractivity contribution in [2.45, 2.75) is 18.8 Å². The van der Waals surface area contributed by atoms with Crippen LogP contribution in [0.15, 0.2) is 54.7 Å². The number of H-pyrrole nitrogens is 1. The van der Waals surface area contributed by atoms with Gasteiger partial charge in [-0.15, -0.1) is 0 Å². The van der Waals surface area contributed by atoms with Gasteiger partial charge in [0.2, 0.25) is 0 Å². The number of hydrogen-bond donors (Lipinski definition) is 1. The Hall–Kier alpha value is -2.68. The van der Waals surface area contributed by atoms with Crippen LogP contribution in [0.25, 0.3) is 33.1 Å². The van der Waals surface area contributed by atoms with Crippen LogP contribution >= 0.6 is 0 Å². The molecule has 5 rings (SSSR count). The predicted octanol–water partition coefficient (Wildman–Crippen LogP) is 4.66. The van der Waals surface area contributed by atoms with E-state index in [0.29, 0.717) is 5.92 Å². The van der Waals surface area contributed by atoms with Crippen molar-refractivity contribution >= 4 is 21.9 Å². The van der Waals surface area contributed by atoms with E-state index in [1.165, 1.54) is 29.4 Å². The van der Waals surface area contributed by atoms with E-state index in [0.717, 1.165) is 22.4 Å². The molecule has 2 aromatic carbocycles. The minimum absolute atomic E-state index is 0.634. The van der Waals surface area contributed by atoms with Gasteiger partial charge in [-0.2, -0.15) is 0 Å². The summed E-state index contributed by atoms with van der Waals surface area (Å²) in [5.41, 5.74) is 5.60. The molecule has 0 amide bonds. The molecular formula is C19H15N3. The summed E-state index contributed by atoms with van der Waals surface area (Å²) in [4.78, 5) is 12.8. The lowest BCUT2D eigenvalue weighted by atomic mass is 9.99. The van der Waals surface area contributed by atoms with Gasteiger partial charge in [-0.25, -0.2) is 4.98 Å². The quantitative estimate of drug-likeness (QED) is 0.582. The van der Waals surface area contributed by atoms with Gasteiger partial charge in [0.1, 0.15) is 5.82 Å². The minimum Gasteiger partial charge on any atom is -0.342 e. The Balaban J connectivity index is 1.81. The standard InChI is InChI=1S/C19H15N3/c1-4-13(14-6-3-11-20-16(14)7-1)15-5-2-8-17-18(15)22-19(21-17)12-9-10-12/h1-8,11-12H,9-10H2,(H,21,22). The van der Waals surface area contributed by atoms with Gasteiger partial charge in [0.15, 0.2) is 0 Å². The predicted molar refractivity (Wildman–Crippen MR) is 88.8 cm³/mol. The summed E-state index contributed by atoms with van der Waals surface area (Å²) < 4.78 is 0. The highest BCUT2D eigenvalue weighted by molar-refractivity contribution is 6.02. The summed E-state index contributed by atoms with van der Waals surface area (Å²) in [5, 5.41) is 1.17. The van der Waals surface area contributed by atoms with Gasteiger partial charge in [-0.1, -0.05) is 30.3 Å². The van der Waals surface area contributed by atoms with Crippen molar-refractivity contribution in [2.24, 2.45) is 0 Å². The van der Waals surface area contributed by atoms with Crippen LogP contribution in [0.2, 0.25) is 0 Å². The van der Waals surface area contributed by atoms with E-state index < -0.39 is 0 Å². The van der Waals surface area contributed by atoms with Crippen LogP contribution in [-0.4, -0.2) is 15.0 Å². The number of para-hydroxylation sites is 1. The third-order valence-electron chi connectivity index (χ3n) is 4.43. The topological polar surface area (TPSA) is 41.6 Å². The van der Waals surface area contributed by atoms with E-state index in [2.05, 4.69) is 52.4 Å². The molecule has 0 radical (unpaired) electrons. The fraction of sp³-hybridized carbons (Fsp3) is 0.158. The van der Waals surface area contributed by atoms with Gasteiger partial charge in [0.25, 0.3) is 0 Å². The number of aromatic amines is 1. The van der Waals surface area contributed by atoms with E-state index in [1.54, 1.807) is 0 Å². The Bertz CT molecular complexity index is 991. The molecule has 0 unspecified atom stereocenters. The molecule has 2 aromatic heterocycles. The molecule has 0 atom stereocenters. The molecule has 3 nitrogen and oxygen atoms in total. The molecule has 1 aliphatic carbocycles. The Labute approximate surface area is 128 Å². The Morgan fingerprint density at radius 2 is 1.77 bits per heavy atom. The molecule has 4 aromatic rings. The van der Waals surface area contributed by atoms with Crippen LogP contribution in [0.3, 0.4) is 0 Å². The minimum atomic E-state index is 0.634. The van der Waals surface area contributed by atoms with E-state index in [9.17, 15) is 0 Å². The third kappa shape index (κ3) is 1.75. The highest BCUT2D eigenvalue weighted by Crippen LogP contribution is 2.40. The number of imidazole rings is 1. The number of benzene rings is 2. The number of nitrogens with one attached hydrogen (secondary N) is 1. The number of fused-ring (bicyclic) bond motifs is 2. The first kappa shape index (κ1) is 11.9. The lowest BCUT2D eigenvalue weighted by Gasteiger charge is -2.06. The molecule has 3 heteroatoms. The van der Waals surface area contributed by atoms with Gasteiger partial charge in [-0.3, -0.25) is 4.98 Å². The number of aromatic nitrogens is 3. The van der Waals surface area contributed by atoms with E-state index in [-0.39, 0.29) is 0 Å². The maximum atomic E-state index is 4.88. The molecule has 2 heterocycles. The van der Waals surface area contributed by atoms with Gasteiger partial charge in [-0.05, 0) is 36.6 Å². The smallest absolute Gasteiger partial charge is 0.110 e. The lowest BCUT2D eigenvalue weighted by molar-refractivity contribution is 0.986. The average molecular weight is 285 g/mol. The van der Waals surface area contributed by atoms with Crippen LogP contribution in [-0.2, 0) is 0 Å².